The zero-order valence-electron chi connectivity index (χ0n) is 11.3. The van der Waals surface area contributed by atoms with Crippen LogP contribution in [0.25, 0.3) is 10.9 Å². The van der Waals surface area contributed by atoms with Crippen LogP contribution in [0, 0.1) is 5.82 Å². The van der Waals surface area contributed by atoms with Crippen molar-refractivity contribution in [1.82, 2.24) is 4.98 Å². The summed E-state index contributed by atoms with van der Waals surface area (Å²) in [6.45, 7) is -0.0203. The van der Waals surface area contributed by atoms with Crippen molar-refractivity contribution < 1.29 is 14.2 Å². The zero-order valence-corrected chi connectivity index (χ0v) is 11.3. The molecule has 1 aromatic heterocycles. The lowest BCUT2D eigenvalue weighted by Crippen LogP contribution is -2.01. The highest BCUT2D eigenvalue weighted by Crippen LogP contribution is 2.24. The molecule has 1 heterocycles. The number of aromatic nitrogens is 1. The Morgan fingerprint density at radius 3 is 2.86 bits per heavy atom. The molecule has 0 radical (unpaired) electrons. The normalized spacial score (nSPS) is 10.8. The number of nitrogens with zero attached hydrogens (tertiary/aromatic N) is 1. The Morgan fingerprint density at radius 2 is 2.00 bits per heavy atom. The summed E-state index contributed by atoms with van der Waals surface area (Å²) in [5.41, 5.74) is 2.27. The Kier molecular flexibility index (Phi) is 3.79. The summed E-state index contributed by atoms with van der Waals surface area (Å²) in [5, 5.41) is 10.2. The lowest BCUT2D eigenvalue weighted by atomic mass is 10.1. The Hall–Kier alpha value is -2.46. The number of aliphatic hydroxyl groups is 1. The van der Waals surface area contributed by atoms with E-state index in [9.17, 15) is 9.50 Å². The van der Waals surface area contributed by atoms with Gasteiger partial charge in [-0.1, -0.05) is 24.3 Å². The maximum atomic E-state index is 13.7. The van der Waals surface area contributed by atoms with Gasteiger partial charge in [0.15, 0.2) is 11.6 Å². The molecule has 0 aliphatic carbocycles. The molecule has 0 atom stereocenters. The molecule has 0 fully saturated rings. The topological polar surface area (TPSA) is 42.4 Å². The predicted molar refractivity (Wildman–Crippen MR) is 78.4 cm³/mol. The molecule has 0 saturated heterocycles. The first-order valence-electron chi connectivity index (χ1n) is 6.62. The van der Waals surface area contributed by atoms with Crippen LogP contribution in [0.15, 0.2) is 54.7 Å². The molecule has 0 spiro atoms. The van der Waals surface area contributed by atoms with Crippen LogP contribution in [0.1, 0.15) is 11.1 Å². The molecular formula is C17H14FNO2. The third-order valence-corrected chi connectivity index (χ3v) is 3.27. The molecule has 21 heavy (non-hydrogen) atoms. The highest BCUT2D eigenvalue weighted by atomic mass is 19.1. The average Bonchev–Trinajstić information content (AvgIpc) is 2.53. The number of benzene rings is 2. The van der Waals surface area contributed by atoms with E-state index in [1.165, 1.54) is 6.07 Å². The predicted octanol–water partition coefficient (Wildman–Crippen LogP) is 3.45. The van der Waals surface area contributed by atoms with E-state index in [1.807, 2.05) is 30.3 Å². The number of pyridine rings is 1. The summed E-state index contributed by atoms with van der Waals surface area (Å²) < 4.78 is 19.3. The molecule has 3 aromatic rings. The van der Waals surface area contributed by atoms with Gasteiger partial charge in [-0.3, -0.25) is 4.98 Å². The molecule has 2 aromatic carbocycles. The van der Waals surface area contributed by atoms with Crippen molar-refractivity contribution in [3.05, 3.63) is 71.7 Å². The van der Waals surface area contributed by atoms with E-state index in [0.29, 0.717) is 5.56 Å². The van der Waals surface area contributed by atoms with Gasteiger partial charge in [0.25, 0.3) is 0 Å². The summed E-state index contributed by atoms with van der Waals surface area (Å²) in [6, 6.07) is 14.1. The average molecular weight is 283 g/mol. The fraction of sp³-hybridized carbons (Fsp3) is 0.118. The second kappa shape index (κ2) is 5.89. The van der Waals surface area contributed by atoms with Crippen LogP contribution in [0.4, 0.5) is 4.39 Å². The van der Waals surface area contributed by atoms with Gasteiger partial charge in [-0.05, 0) is 29.8 Å². The number of para-hydroxylation sites is 1. The first-order chi connectivity index (χ1) is 10.3. The van der Waals surface area contributed by atoms with Crippen molar-refractivity contribution in [2.75, 3.05) is 0 Å². The minimum atomic E-state index is -0.469. The highest BCUT2D eigenvalue weighted by molar-refractivity contribution is 5.78. The van der Waals surface area contributed by atoms with Gasteiger partial charge in [0, 0.05) is 17.1 Å². The fourth-order valence-electron chi connectivity index (χ4n) is 2.21. The Balaban J connectivity index is 1.83. The fourth-order valence-corrected chi connectivity index (χ4v) is 2.21. The molecular weight excluding hydrogens is 269 g/mol. The van der Waals surface area contributed by atoms with Crippen LogP contribution in [-0.2, 0) is 13.2 Å². The summed E-state index contributed by atoms with van der Waals surface area (Å²) >= 11 is 0. The number of halogens is 1. The number of fused-ring (bicyclic) bond motifs is 1. The van der Waals surface area contributed by atoms with Gasteiger partial charge in [0.1, 0.15) is 6.61 Å². The molecule has 4 heteroatoms. The number of aliphatic hydroxyl groups excluding tert-OH is 1. The highest BCUT2D eigenvalue weighted by Gasteiger charge is 2.09. The summed E-state index contributed by atoms with van der Waals surface area (Å²) in [4.78, 5) is 4.25. The maximum Gasteiger partial charge on any atom is 0.165 e. The van der Waals surface area contributed by atoms with Gasteiger partial charge in [-0.25, -0.2) is 4.39 Å². The lowest BCUT2D eigenvalue weighted by Gasteiger charge is -2.11. The first-order valence-corrected chi connectivity index (χ1v) is 6.62. The van der Waals surface area contributed by atoms with Gasteiger partial charge >= 0.3 is 0 Å². The molecule has 3 rings (SSSR count). The van der Waals surface area contributed by atoms with Crippen LogP contribution < -0.4 is 4.74 Å². The van der Waals surface area contributed by atoms with Crippen molar-refractivity contribution in [3.63, 3.8) is 0 Å². The van der Waals surface area contributed by atoms with Crippen molar-refractivity contribution >= 4 is 10.9 Å². The van der Waals surface area contributed by atoms with Crippen molar-refractivity contribution in [2.24, 2.45) is 0 Å². The molecule has 0 unspecified atom stereocenters. The van der Waals surface area contributed by atoms with Gasteiger partial charge in [0.05, 0.1) is 12.1 Å². The van der Waals surface area contributed by atoms with Crippen LogP contribution >= 0.6 is 0 Å². The molecule has 106 valence electrons. The Labute approximate surface area is 121 Å². The second-order valence-electron chi connectivity index (χ2n) is 4.71. The number of hydrogen-bond donors (Lipinski definition) is 1. The SMILES string of the molecule is OCc1cccc(F)c1OCc1ccc2ncccc2c1. The van der Waals surface area contributed by atoms with Gasteiger partial charge in [-0.2, -0.15) is 0 Å². The van der Waals surface area contributed by atoms with Crippen LogP contribution in [0.2, 0.25) is 0 Å². The summed E-state index contributed by atoms with van der Waals surface area (Å²) in [6.07, 6.45) is 1.74. The van der Waals surface area contributed by atoms with E-state index in [4.69, 9.17) is 4.74 Å². The van der Waals surface area contributed by atoms with Crippen molar-refractivity contribution in [3.8, 4) is 5.75 Å². The van der Waals surface area contributed by atoms with Crippen molar-refractivity contribution in [1.29, 1.82) is 0 Å². The van der Waals surface area contributed by atoms with Gasteiger partial charge < -0.3 is 9.84 Å². The third kappa shape index (κ3) is 2.85. The van der Waals surface area contributed by atoms with E-state index in [-0.39, 0.29) is 19.0 Å². The molecule has 0 saturated carbocycles. The first kappa shape index (κ1) is 13.5. The Morgan fingerprint density at radius 1 is 1.10 bits per heavy atom. The summed E-state index contributed by atoms with van der Waals surface area (Å²) in [5.74, 6) is -0.365. The monoisotopic (exact) mass is 283 g/mol. The van der Waals surface area contributed by atoms with Crippen LogP contribution in [0.3, 0.4) is 0 Å². The minimum Gasteiger partial charge on any atom is -0.485 e. The second-order valence-corrected chi connectivity index (χ2v) is 4.71. The molecule has 0 aliphatic heterocycles. The van der Waals surface area contributed by atoms with E-state index >= 15 is 0 Å². The number of rotatable bonds is 4. The smallest absolute Gasteiger partial charge is 0.165 e. The van der Waals surface area contributed by atoms with Crippen molar-refractivity contribution in [2.45, 2.75) is 13.2 Å². The van der Waals surface area contributed by atoms with Crippen LogP contribution in [-0.4, -0.2) is 10.1 Å². The molecule has 1 N–H and O–H groups in total. The third-order valence-electron chi connectivity index (χ3n) is 3.27. The minimum absolute atomic E-state index is 0.103. The Bertz CT molecular complexity index is 774. The molecule has 0 bridgehead atoms. The van der Waals surface area contributed by atoms with E-state index in [1.54, 1.807) is 18.3 Å². The number of hydrogen-bond acceptors (Lipinski definition) is 3. The molecule has 0 amide bonds. The van der Waals surface area contributed by atoms with Crippen LogP contribution in [0.5, 0.6) is 5.75 Å². The zero-order chi connectivity index (χ0) is 14.7. The number of ether oxygens (including phenoxy) is 1. The standard InChI is InChI=1S/C17H14FNO2/c18-15-5-1-3-14(10-20)17(15)21-11-12-6-7-16-13(9-12)4-2-8-19-16/h1-9,20H,10-11H2. The quantitative estimate of drug-likeness (QED) is 0.797. The van der Waals surface area contributed by atoms with E-state index in [0.717, 1.165) is 16.5 Å². The van der Waals surface area contributed by atoms with E-state index in [2.05, 4.69) is 4.98 Å². The summed E-state index contributed by atoms with van der Waals surface area (Å²) in [7, 11) is 0. The largest absolute Gasteiger partial charge is 0.485 e. The lowest BCUT2D eigenvalue weighted by molar-refractivity contribution is 0.251. The van der Waals surface area contributed by atoms with Gasteiger partial charge in [0.2, 0.25) is 0 Å². The maximum absolute atomic E-state index is 13.7. The van der Waals surface area contributed by atoms with E-state index < -0.39 is 5.82 Å². The van der Waals surface area contributed by atoms with Gasteiger partial charge in [-0.15, -0.1) is 0 Å². The molecule has 3 nitrogen and oxygen atoms in total. The molecule has 0 aliphatic rings.